The highest BCUT2D eigenvalue weighted by atomic mass is 17.2. The first-order chi connectivity index (χ1) is 27.5. The van der Waals surface area contributed by atoms with Gasteiger partial charge < -0.3 is 9.47 Å². The average Bonchev–Trinajstić information content (AvgIpc) is 3.14. The molecule has 0 N–H and O–H groups in total. The van der Waals surface area contributed by atoms with Gasteiger partial charge in [0.2, 0.25) is 0 Å². The van der Waals surface area contributed by atoms with E-state index in [9.17, 15) is 0 Å². The predicted molar refractivity (Wildman–Crippen MR) is 248 cm³/mol. The number of hydrogen-bond donors (Lipinski definition) is 0. The van der Waals surface area contributed by atoms with Crippen molar-refractivity contribution in [2.75, 3.05) is 0 Å². The van der Waals surface area contributed by atoms with Crippen LogP contribution in [-0.4, -0.2) is 11.2 Å². The van der Waals surface area contributed by atoms with Gasteiger partial charge in [-0.25, -0.2) is 0 Å². The Bertz CT molecular complexity index is 1720. The summed E-state index contributed by atoms with van der Waals surface area (Å²) in [5.41, 5.74) is 12.9. The summed E-state index contributed by atoms with van der Waals surface area (Å²) in [4.78, 5) is 11.9. The molecule has 2 aliphatic rings. The van der Waals surface area contributed by atoms with Gasteiger partial charge in [-0.15, -0.1) is 0 Å². The molecule has 0 amide bonds. The highest BCUT2D eigenvalue weighted by Gasteiger charge is 2.33. The first-order valence-corrected chi connectivity index (χ1v) is 22.4. The number of rotatable bonds is 21. The maximum atomic E-state index is 6.73. The maximum Gasteiger partial charge on any atom is 0.179 e. The van der Waals surface area contributed by atoms with Crippen LogP contribution in [0.15, 0.2) is 94.2 Å². The third-order valence-electron chi connectivity index (χ3n) is 12.0. The van der Waals surface area contributed by atoms with E-state index in [4.69, 9.17) is 19.2 Å². The van der Waals surface area contributed by atoms with Gasteiger partial charge in [0.25, 0.3) is 0 Å². The summed E-state index contributed by atoms with van der Waals surface area (Å²) in [7, 11) is 0. The van der Waals surface area contributed by atoms with Gasteiger partial charge in [-0.1, -0.05) is 69.9 Å². The summed E-state index contributed by atoms with van der Waals surface area (Å²) in [5, 5.41) is 0. The van der Waals surface area contributed by atoms with E-state index in [0.29, 0.717) is 11.5 Å². The number of fused-ring (bicyclic) bond motifs is 2. The molecule has 0 saturated heterocycles. The molecule has 0 saturated carbocycles. The van der Waals surface area contributed by atoms with Crippen LogP contribution in [0.2, 0.25) is 0 Å². The fourth-order valence-electron chi connectivity index (χ4n) is 8.15. The number of ether oxygens (including phenoxy) is 2. The zero-order chi connectivity index (χ0) is 42.3. The van der Waals surface area contributed by atoms with Crippen molar-refractivity contribution in [2.24, 2.45) is 0 Å². The van der Waals surface area contributed by atoms with E-state index in [1.807, 2.05) is 12.1 Å². The van der Waals surface area contributed by atoms with Crippen molar-refractivity contribution >= 4 is 0 Å². The van der Waals surface area contributed by atoms with Gasteiger partial charge in [-0.3, -0.25) is 9.78 Å². The van der Waals surface area contributed by atoms with Crippen LogP contribution in [0, 0.1) is 13.8 Å². The molecule has 2 atom stereocenters. The summed E-state index contributed by atoms with van der Waals surface area (Å²) in [6.07, 6.45) is 31.4. The molecule has 4 nitrogen and oxygen atoms in total. The van der Waals surface area contributed by atoms with E-state index in [2.05, 4.69) is 132 Å². The molecular weight excluding hydrogens is 713 g/mol. The van der Waals surface area contributed by atoms with Crippen molar-refractivity contribution in [1.82, 2.24) is 0 Å². The third kappa shape index (κ3) is 15.7. The fourth-order valence-corrected chi connectivity index (χ4v) is 8.15. The van der Waals surface area contributed by atoms with Crippen molar-refractivity contribution in [3.63, 3.8) is 0 Å². The quantitative estimate of drug-likeness (QED) is 0.0717. The first kappa shape index (κ1) is 46.8. The molecule has 0 spiro atoms. The largest absolute Gasteiger partial charge is 0.487 e. The minimum absolute atomic E-state index is 0.175. The predicted octanol–water partition coefficient (Wildman–Crippen LogP) is 16.2. The van der Waals surface area contributed by atoms with Crippen LogP contribution in [0.25, 0.3) is 0 Å². The van der Waals surface area contributed by atoms with E-state index >= 15 is 0 Å². The second-order valence-electron chi connectivity index (χ2n) is 18.7. The van der Waals surface area contributed by atoms with Crippen LogP contribution in [-0.2, 0) is 12.8 Å². The van der Waals surface area contributed by atoms with Crippen LogP contribution in [0.1, 0.15) is 181 Å². The summed E-state index contributed by atoms with van der Waals surface area (Å²) in [6.45, 7) is 26.5. The molecule has 4 heteroatoms. The molecule has 0 aliphatic carbocycles. The Morgan fingerprint density at radius 3 is 1.17 bits per heavy atom. The monoisotopic (exact) mass is 791 g/mol. The molecule has 0 aromatic heterocycles. The van der Waals surface area contributed by atoms with Gasteiger partial charge in [-0.2, -0.15) is 0 Å². The Morgan fingerprint density at radius 2 is 0.828 bits per heavy atom. The summed E-state index contributed by atoms with van der Waals surface area (Å²) >= 11 is 0. The van der Waals surface area contributed by atoms with Gasteiger partial charge in [-0.05, 0) is 232 Å². The van der Waals surface area contributed by atoms with Crippen molar-refractivity contribution in [2.45, 2.75) is 197 Å². The average molecular weight is 791 g/mol. The molecule has 2 unspecified atom stereocenters. The van der Waals surface area contributed by atoms with E-state index in [1.54, 1.807) is 0 Å². The van der Waals surface area contributed by atoms with E-state index in [-0.39, 0.29) is 11.2 Å². The Labute approximate surface area is 354 Å². The van der Waals surface area contributed by atoms with Crippen molar-refractivity contribution in [3.05, 3.63) is 116 Å². The smallest absolute Gasteiger partial charge is 0.179 e. The standard InChI is InChI=1S/C54H78O4/c1-39(2)19-13-21-41(5)23-15-25-43(7)27-17-31-53(11)33-29-47-37-49(35-45(9)51(47)55-53)57-58-50-36-46(10)52-48(38-50)30-34-54(12,56-52)32-18-28-44(8)26-16-24-42(6)22-14-20-40(3)4/h19-20,23-24,27-28,35-38H,13-18,21-22,25-26,29-34H2,1-12H3. The Hall–Kier alpha value is -3.92. The van der Waals surface area contributed by atoms with Crippen molar-refractivity contribution < 1.29 is 19.2 Å². The van der Waals surface area contributed by atoms with Gasteiger partial charge in [0.05, 0.1) is 0 Å². The highest BCUT2D eigenvalue weighted by Crippen LogP contribution is 2.42. The van der Waals surface area contributed by atoms with E-state index < -0.39 is 0 Å². The van der Waals surface area contributed by atoms with Crippen LogP contribution in [0.5, 0.6) is 23.0 Å². The van der Waals surface area contributed by atoms with Gasteiger partial charge in [0.1, 0.15) is 22.7 Å². The topological polar surface area (TPSA) is 36.9 Å². The van der Waals surface area contributed by atoms with Crippen LogP contribution in [0.3, 0.4) is 0 Å². The lowest BCUT2D eigenvalue weighted by Gasteiger charge is -2.37. The molecule has 2 aliphatic heterocycles. The summed E-state index contributed by atoms with van der Waals surface area (Å²) in [6, 6.07) is 8.24. The Kier molecular flexibility index (Phi) is 18.1. The zero-order valence-electron chi connectivity index (χ0n) is 38.7. The second-order valence-corrected chi connectivity index (χ2v) is 18.7. The lowest BCUT2D eigenvalue weighted by molar-refractivity contribution is -0.100. The molecule has 0 bridgehead atoms. The normalized spacial score (nSPS) is 19.7. The first-order valence-electron chi connectivity index (χ1n) is 22.4. The number of hydrogen-bond acceptors (Lipinski definition) is 4. The molecule has 0 radical (unpaired) electrons. The van der Waals surface area contributed by atoms with Gasteiger partial charge >= 0.3 is 0 Å². The second kappa shape index (κ2) is 22.5. The molecule has 2 aromatic carbocycles. The minimum atomic E-state index is -0.175. The third-order valence-corrected chi connectivity index (χ3v) is 12.0. The molecule has 0 fully saturated rings. The van der Waals surface area contributed by atoms with E-state index in [1.165, 1.54) is 44.6 Å². The van der Waals surface area contributed by atoms with Gasteiger partial charge in [0.15, 0.2) is 11.5 Å². The number of aryl methyl sites for hydroxylation is 4. The molecule has 318 valence electrons. The Morgan fingerprint density at radius 1 is 0.500 bits per heavy atom. The number of benzene rings is 2. The zero-order valence-corrected chi connectivity index (χ0v) is 38.7. The SMILES string of the molecule is CC(C)=CCCC(C)=CCCC(C)=CCCC1(C)CCc2cc(OOc3cc(C)c4c(c3)CCC(C)(CCC=C(C)CCC=C(C)CCC=C(C)C)O4)cc(C)c2O1. The Balaban J connectivity index is 1.24. The van der Waals surface area contributed by atoms with Crippen LogP contribution >= 0.6 is 0 Å². The molecular formula is C54H78O4. The van der Waals surface area contributed by atoms with Crippen LogP contribution < -0.4 is 19.2 Å². The lowest BCUT2D eigenvalue weighted by atomic mass is 9.87. The van der Waals surface area contributed by atoms with E-state index in [0.717, 1.165) is 125 Å². The summed E-state index contributed by atoms with van der Waals surface area (Å²) < 4.78 is 13.5. The minimum Gasteiger partial charge on any atom is -0.487 e. The molecule has 2 aromatic rings. The molecule has 2 heterocycles. The molecule has 58 heavy (non-hydrogen) atoms. The fraction of sp³-hybridized carbons (Fsp3) is 0.556. The molecule has 4 rings (SSSR count). The summed E-state index contributed by atoms with van der Waals surface area (Å²) in [5.74, 6) is 3.41. The highest BCUT2D eigenvalue weighted by molar-refractivity contribution is 5.50. The van der Waals surface area contributed by atoms with Crippen molar-refractivity contribution in [3.8, 4) is 23.0 Å². The van der Waals surface area contributed by atoms with Crippen LogP contribution in [0.4, 0.5) is 0 Å². The maximum absolute atomic E-state index is 6.73. The number of allylic oxidation sites excluding steroid dienone is 12. The van der Waals surface area contributed by atoms with Gasteiger partial charge in [0, 0.05) is 0 Å². The lowest BCUT2D eigenvalue weighted by Crippen LogP contribution is -2.36. The van der Waals surface area contributed by atoms with Crippen molar-refractivity contribution in [1.29, 1.82) is 0 Å².